The molecule has 1 aliphatic rings. The zero-order valence-corrected chi connectivity index (χ0v) is 14.4. The van der Waals surface area contributed by atoms with Crippen molar-refractivity contribution in [3.8, 4) is 5.75 Å². The molecule has 4 rings (SSSR count). The average Bonchev–Trinajstić information content (AvgIpc) is 3.16. The van der Waals surface area contributed by atoms with Gasteiger partial charge in [-0.2, -0.15) is 0 Å². The van der Waals surface area contributed by atoms with Gasteiger partial charge in [0.1, 0.15) is 11.9 Å². The minimum absolute atomic E-state index is 0.302. The van der Waals surface area contributed by atoms with Crippen LogP contribution < -0.4 is 4.74 Å². The third-order valence-corrected chi connectivity index (χ3v) is 4.86. The molecule has 0 radical (unpaired) electrons. The summed E-state index contributed by atoms with van der Waals surface area (Å²) in [6.45, 7) is 3.06. The van der Waals surface area contributed by atoms with E-state index in [4.69, 9.17) is 4.74 Å². The van der Waals surface area contributed by atoms with Gasteiger partial charge in [-0.15, -0.1) is 0 Å². The molecule has 1 fully saturated rings. The minimum Gasteiger partial charge on any atom is -0.490 e. The van der Waals surface area contributed by atoms with E-state index in [1.165, 1.54) is 10.9 Å². The zero-order chi connectivity index (χ0) is 16.5. The Morgan fingerprint density at radius 2 is 2.00 bits per heavy atom. The van der Waals surface area contributed by atoms with Crippen molar-refractivity contribution < 1.29 is 4.74 Å². The second-order valence-electron chi connectivity index (χ2n) is 6.74. The lowest BCUT2D eigenvalue weighted by Crippen LogP contribution is -2.37. The van der Waals surface area contributed by atoms with E-state index in [-0.39, 0.29) is 0 Å². The Morgan fingerprint density at radius 3 is 2.75 bits per heavy atom. The van der Waals surface area contributed by atoms with E-state index in [9.17, 15) is 0 Å². The van der Waals surface area contributed by atoms with Gasteiger partial charge in [-0.1, -0.05) is 6.07 Å². The number of imidazole rings is 1. The van der Waals surface area contributed by atoms with Crippen molar-refractivity contribution in [2.75, 3.05) is 13.1 Å². The Labute approximate surface area is 142 Å². The molecule has 1 saturated heterocycles. The molecule has 0 N–H and O–H groups in total. The maximum atomic E-state index is 6.32. The fourth-order valence-electron chi connectivity index (χ4n) is 3.52. The molecule has 0 unspecified atom stereocenters. The van der Waals surface area contributed by atoms with Crippen LogP contribution in [0, 0.1) is 0 Å². The lowest BCUT2D eigenvalue weighted by molar-refractivity contribution is 0.0973. The molecule has 1 aliphatic heterocycles. The molecule has 3 aromatic rings. The number of aryl methyl sites for hydroxylation is 2. The molecule has 0 saturated carbocycles. The van der Waals surface area contributed by atoms with Crippen molar-refractivity contribution in [2.45, 2.75) is 25.5 Å². The second kappa shape index (κ2) is 6.32. The van der Waals surface area contributed by atoms with E-state index in [1.807, 2.05) is 17.9 Å². The molecule has 3 heterocycles. The summed E-state index contributed by atoms with van der Waals surface area (Å²) in [6.07, 6.45) is 8.49. The van der Waals surface area contributed by atoms with Gasteiger partial charge < -0.3 is 13.9 Å². The maximum absolute atomic E-state index is 6.32. The first-order valence-corrected chi connectivity index (χ1v) is 8.59. The van der Waals surface area contributed by atoms with Crippen molar-refractivity contribution in [1.82, 2.24) is 19.0 Å². The Balaban J connectivity index is 1.37. The predicted molar refractivity (Wildman–Crippen MR) is 95.1 cm³/mol. The Hall–Kier alpha value is -2.27. The first-order chi connectivity index (χ1) is 11.7. The minimum atomic E-state index is 0.302. The Bertz CT molecular complexity index is 827. The van der Waals surface area contributed by atoms with Gasteiger partial charge in [0.2, 0.25) is 0 Å². The molecule has 5 nitrogen and oxygen atoms in total. The van der Waals surface area contributed by atoms with Crippen molar-refractivity contribution in [2.24, 2.45) is 14.1 Å². The maximum Gasteiger partial charge on any atom is 0.129 e. The number of benzene rings is 1. The summed E-state index contributed by atoms with van der Waals surface area (Å²) in [7, 11) is 4.09. The normalized spacial score (nSPS) is 16.8. The molecular formula is C19H24N4O. The van der Waals surface area contributed by atoms with E-state index in [2.05, 4.69) is 58.2 Å². The van der Waals surface area contributed by atoms with Gasteiger partial charge in [0.05, 0.1) is 17.5 Å². The highest BCUT2D eigenvalue weighted by Crippen LogP contribution is 2.28. The largest absolute Gasteiger partial charge is 0.490 e. The van der Waals surface area contributed by atoms with Crippen molar-refractivity contribution >= 4 is 10.9 Å². The summed E-state index contributed by atoms with van der Waals surface area (Å²) < 4.78 is 10.5. The van der Waals surface area contributed by atoms with E-state index < -0.39 is 0 Å². The monoisotopic (exact) mass is 324 g/mol. The van der Waals surface area contributed by atoms with E-state index in [0.717, 1.165) is 43.9 Å². The van der Waals surface area contributed by atoms with Crippen LogP contribution in [0.3, 0.4) is 0 Å². The molecule has 2 aromatic heterocycles. The molecule has 0 atom stereocenters. The first kappa shape index (κ1) is 15.3. The number of hydrogen-bond donors (Lipinski definition) is 0. The van der Waals surface area contributed by atoms with Crippen LogP contribution >= 0.6 is 0 Å². The van der Waals surface area contributed by atoms with Crippen LogP contribution in [0.1, 0.15) is 18.5 Å². The molecule has 0 aliphatic carbocycles. The Morgan fingerprint density at radius 1 is 1.17 bits per heavy atom. The number of likely N-dealkylation sites (tertiary alicyclic amines) is 1. The predicted octanol–water partition coefficient (Wildman–Crippen LogP) is 2.96. The van der Waals surface area contributed by atoms with Gasteiger partial charge in [0.25, 0.3) is 0 Å². The number of nitrogens with zero attached hydrogens (tertiary/aromatic N) is 4. The van der Waals surface area contributed by atoms with E-state index in [0.29, 0.717) is 6.10 Å². The second-order valence-corrected chi connectivity index (χ2v) is 6.74. The van der Waals surface area contributed by atoms with E-state index in [1.54, 1.807) is 0 Å². The highest BCUT2D eigenvalue weighted by Gasteiger charge is 2.21. The smallest absolute Gasteiger partial charge is 0.129 e. The summed E-state index contributed by atoms with van der Waals surface area (Å²) in [5.74, 6) is 1.01. The van der Waals surface area contributed by atoms with Gasteiger partial charge >= 0.3 is 0 Å². The third-order valence-electron chi connectivity index (χ3n) is 4.86. The zero-order valence-electron chi connectivity index (χ0n) is 14.4. The van der Waals surface area contributed by atoms with Gasteiger partial charge in [-0.25, -0.2) is 4.98 Å². The van der Waals surface area contributed by atoms with Crippen LogP contribution in [0.25, 0.3) is 10.9 Å². The van der Waals surface area contributed by atoms with Gasteiger partial charge in [0, 0.05) is 51.5 Å². The molecule has 126 valence electrons. The first-order valence-electron chi connectivity index (χ1n) is 8.59. The number of fused-ring (bicyclic) bond motifs is 1. The summed E-state index contributed by atoms with van der Waals surface area (Å²) >= 11 is 0. The van der Waals surface area contributed by atoms with Gasteiger partial charge in [-0.05, 0) is 31.0 Å². The van der Waals surface area contributed by atoms with Crippen LogP contribution in [0.2, 0.25) is 0 Å². The van der Waals surface area contributed by atoms with Crippen molar-refractivity contribution in [3.63, 3.8) is 0 Å². The quantitative estimate of drug-likeness (QED) is 0.740. The molecule has 0 amide bonds. The average molecular weight is 324 g/mol. The number of aromatic nitrogens is 3. The third kappa shape index (κ3) is 3.04. The topological polar surface area (TPSA) is 35.2 Å². The number of piperidine rings is 1. The molecular weight excluding hydrogens is 300 g/mol. The standard InChI is InChI=1S/C19H24N4O/c1-21-12-15(20-14-21)13-23-10-6-16(7-11-23)24-19-5-3-4-18-17(19)8-9-22(18)2/h3-5,8-9,12,14,16H,6-7,10-11,13H2,1-2H3. The van der Waals surface area contributed by atoms with Gasteiger partial charge in [-0.3, -0.25) is 4.90 Å². The fraction of sp³-hybridized carbons (Fsp3) is 0.421. The highest BCUT2D eigenvalue weighted by molar-refractivity contribution is 5.86. The SMILES string of the molecule is Cn1cnc(CN2CCC(Oc3cccc4c3ccn4C)CC2)c1. The lowest BCUT2D eigenvalue weighted by atomic mass is 10.1. The molecule has 0 spiro atoms. The molecule has 5 heteroatoms. The van der Waals surface area contributed by atoms with E-state index >= 15 is 0 Å². The lowest BCUT2D eigenvalue weighted by Gasteiger charge is -2.31. The summed E-state index contributed by atoms with van der Waals surface area (Å²) in [5.41, 5.74) is 2.37. The van der Waals surface area contributed by atoms with Crippen LogP contribution in [-0.2, 0) is 20.6 Å². The van der Waals surface area contributed by atoms with Crippen molar-refractivity contribution in [3.05, 3.63) is 48.7 Å². The summed E-state index contributed by atoms with van der Waals surface area (Å²) in [4.78, 5) is 6.88. The Kier molecular flexibility index (Phi) is 4.02. The van der Waals surface area contributed by atoms with Crippen LogP contribution in [0.4, 0.5) is 0 Å². The highest BCUT2D eigenvalue weighted by atomic mass is 16.5. The van der Waals surface area contributed by atoms with Gasteiger partial charge in [0.15, 0.2) is 0 Å². The van der Waals surface area contributed by atoms with Crippen LogP contribution in [-0.4, -0.2) is 38.2 Å². The number of ether oxygens (including phenoxy) is 1. The number of hydrogen-bond acceptors (Lipinski definition) is 3. The molecule has 24 heavy (non-hydrogen) atoms. The summed E-state index contributed by atoms with van der Waals surface area (Å²) in [6, 6.07) is 8.44. The van der Waals surface area contributed by atoms with Crippen molar-refractivity contribution in [1.29, 1.82) is 0 Å². The van der Waals surface area contributed by atoms with Crippen LogP contribution in [0.15, 0.2) is 43.0 Å². The molecule has 0 bridgehead atoms. The van der Waals surface area contributed by atoms with Crippen LogP contribution in [0.5, 0.6) is 5.75 Å². The summed E-state index contributed by atoms with van der Waals surface area (Å²) in [5, 5.41) is 1.20. The molecule has 1 aromatic carbocycles. The fourth-order valence-corrected chi connectivity index (χ4v) is 3.52. The number of rotatable bonds is 4.